The first kappa shape index (κ1) is 16.4. The summed E-state index contributed by atoms with van der Waals surface area (Å²) in [5.41, 5.74) is 2.37. The highest BCUT2D eigenvalue weighted by Gasteiger charge is 2.56. The number of aromatic amines is 1. The first-order valence-corrected chi connectivity index (χ1v) is 7.00. The van der Waals surface area contributed by atoms with Crippen molar-refractivity contribution < 1.29 is 24.4 Å². The summed E-state index contributed by atoms with van der Waals surface area (Å²) in [6.07, 6.45) is -3.22. The Kier molecular flexibility index (Phi) is 3.81. The first-order chi connectivity index (χ1) is 11.3. The Bertz CT molecular complexity index is 913. The molecule has 1 aliphatic rings. The standard InChI is InChI=1S/C14H15FN4O5/c1-2-3-14(23)9(21)7(5-20)24-12(14)19-4-6(15)8-10(19)17-13(16)18-11(8)22/h4,7,9,12,20-21,23H,5H2,1H3,(H3,16,17,18,22)/t7-,9?,12?,14?/m1/s1. The van der Waals surface area contributed by atoms with Crippen LogP contribution in [0.4, 0.5) is 10.3 Å². The van der Waals surface area contributed by atoms with Crippen LogP contribution in [0.25, 0.3) is 11.0 Å². The largest absolute Gasteiger partial charge is 0.394 e. The van der Waals surface area contributed by atoms with Crippen LogP contribution < -0.4 is 11.3 Å². The van der Waals surface area contributed by atoms with Gasteiger partial charge in [-0.1, -0.05) is 5.92 Å². The van der Waals surface area contributed by atoms with E-state index in [4.69, 9.17) is 10.5 Å². The van der Waals surface area contributed by atoms with Gasteiger partial charge in [0.15, 0.2) is 23.3 Å². The summed E-state index contributed by atoms with van der Waals surface area (Å²) >= 11 is 0. The van der Waals surface area contributed by atoms with Crippen molar-refractivity contribution in [1.82, 2.24) is 14.5 Å². The number of fused-ring (bicyclic) bond motifs is 1. The van der Waals surface area contributed by atoms with Crippen LogP contribution in [0.3, 0.4) is 0 Å². The number of hydrogen-bond acceptors (Lipinski definition) is 7. The number of nitrogen functional groups attached to an aromatic ring is 1. The van der Waals surface area contributed by atoms with Crippen molar-refractivity contribution >= 4 is 17.0 Å². The lowest BCUT2D eigenvalue weighted by molar-refractivity contribution is -0.0721. The van der Waals surface area contributed by atoms with Crippen molar-refractivity contribution in [2.45, 2.75) is 31.0 Å². The van der Waals surface area contributed by atoms with Crippen molar-refractivity contribution in [3.05, 3.63) is 22.4 Å². The number of nitrogens with one attached hydrogen (secondary N) is 1. The fourth-order valence-corrected chi connectivity index (χ4v) is 2.84. The van der Waals surface area contributed by atoms with Crippen molar-refractivity contribution in [2.24, 2.45) is 0 Å². The molecule has 0 aliphatic carbocycles. The van der Waals surface area contributed by atoms with E-state index >= 15 is 0 Å². The van der Waals surface area contributed by atoms with E-state index < -0.39 is 42.0 Å². The van der Waals surface area contributed by atoms with Crippen LogP contribution in [0.15, 0.2) is 11.0 Å². The molecule has 0 bridgehead atoms. The second kappa shape index (κ2) is 5.57. The molecule has 0 spiro atoms. The normalized spacial score (nSPS) is 29.6. The van der Waals surface area contributed by atoms with Gasteiger partial charge in [-0.05, 0) is 6.92 Å². The molecule has 0 radical (unpaired) electrons. The van der Waals surface area contributed by atoms with Gasteiger partial charge in [0.1, 0.15) is 17.6 Å². The predicted octanol–water partition coefficient (Wildman–Crippen LogP) is -1.55. The van der Waals surface area contributed by atoms with E-state index in [1.165, 1.54) is 6.92 Å². The van der Waals surface area contributed by atoms with Crippen molar-refractivity contribution in [2.75, 3.05) is 12.3 Å². The van der Waals surface area contributed by atoms with Crippen LogP contribution in [-0.2, 0) is 4.74 Å². The summed E-state index contributed by atoms with van der Waals surface area (Å²) in [5.74, 6) is 3.72. The molecule has 24 heavy (non-hydrogen) atoms. The number of anilines is 1. The molecule has 1 saturated heterocycles. The molecular weight excluding hydrogens is 323 g/mol. The molecule has 0 saturated carbocycles. The number of nitrogens with two attached hydrogens (primary N) is 1. The Morgan fingerprint density at radius 3 is 2.96 bits per heavy atom. The van der Waals surface area contributed by atoms with Gasteiger partial charge in [0, 0.05) is 6.20 Å². The fraction of sp³-hybridized carbons (Fsp3) is 0.429. The molecule has 6 N–H and O–H groups in total. The summed E-state index contributed by atoms with van der Waals surface area (Å²) in [7, 11) is 0. The Hall–Kier alpha value is -2.45. The van der Waals surface area contributed by atoms with Gasteiger partial charge in [0.25, 0.3) is 5.56 Å². The minimum absolute atomic E-state index is 0.180. The number of ether oxygens (including phenoxy) is 1. The summed E-state index contributed by atoms with van der Waals surface area (Å²) in [6, 6.07) is 0. The summed E-state index contributed by atoms with van der Waals surface area (Å²) in [4.78, 5) is 17.9. The number of nitrogens with zero attached hydrogens (tertiary/aromatic N) is 2. The van der Waals surface area contributed by atoms with E-state index in [-0.39, 0.29) is 17.0 Å². The summed E-state index contributed by atoms with van der Waals surface area (Å²) in [5, 5.41) is 29.9. The number of rotatable bonds is 2. The topological polar surface area (TPSA) is 147 Å². The van der Waals surface area contributed by atoms with Crippen LogP contribution in [0.2, 0.25) is 0 Å². The highest BCUT2D eigenvalue weighted by atomic mass is 19.1. The van der Waals surface area contributed by atoms with Crippen molar-refractivity contribution in [3.8, 4) is 11.8 Å². The molecule has 2 aromatic heterocycles. The molecule has 0 amide bonds. The van der Waals surface area contributed by atoms with Crippen LogP contribution in [0.1, 0.15) is 13.2 Å². The SMILES string of the molecule is CC#CC1(O)C(O)[C@@H](CO)OC1n1cc(F)c2c(=O)[nH]c(N)nc21. The van der Waals surface area contributed by atoms with E-state index in [0.29, 0.717) is 0 Å². The Balaban J connectivity index is 2.26. The number of hydrogen-bond donors (Lipinski definition) is 5. The maximum absolute atomic E-state index is 14.2. The predicted molar refractivity (Wildman–Crippen MR) is 80.1 cm³/mol. The summed E-state index contributed by atoms with van der Waals surface area (Å²) < 4.78 is 20.6. The Morgan fingerprint density at radius 2 is 2.33 bits per heavy atom. The molecule has 0 aromatic carbocycles. The van der Waals surface area contributed by atoms with Gasteiger partial charge >= 0.3 is 0 Å². The zero-order valence-electron chi connectivity index (χ0n) is 12.5. The van der Waals surface area contributed by atoms with Gasteiger partial charge in [-0.25, -0.2) is 4.39 Å². The molecule has 4 atom stereocenters. The lowest BCUT2D eigenvalue weighted by Gasteiger charge is -2.26. The zero-order chi connectivity index (χ0) is 17.6. The quantitative estimate of drug-likeness (QED) is 0.417. The number of aliphatic hydroxyl groups is 3. The molecule has 128 valence electrons. The van der Waals surface area contributed by atoms with Crippen LogP contribution >= 0.6 is 0 Å². The van der Waals surface area contributed by atoms with Crippen molar-refractivity contribution in [1.29, 1.82) is 0 Å². The fourth-order valence-electron chi connectivity index (χ4n) is 2.84. The van der Waals surface area contributed by atoms with Crippen molar-refractivity contribution in [3.63, 3.8) is 0 Å². The minimum atomic E-state index is -2.14. The molecule has 1 aliphatic heterocycles. The van der Waals surface area contributed by atoms with E-state index in [9.17, 15) is 24.5 Å². The highest BCUT2D eigenvalue weighted by molar-refractivity contribution is 5.77. The second-order valence-corrected chi connectivity index (χ2v) is 5.39. The van der Waals surface area contributed by atoms with Gasteiger partial charge in [-0.3, -0.25) is 14.3 Å². The van der Waals surface area contributed by atoms with Crippen LogP contribution in [-0.4, -0.2) is 54.3 Å². The van der Waals surface area contributed by atoms with Crippen LogP contribution in [0.5, 0.6) is 0 Å². The molecule has 2 aromatic rings. The van der Waals surface area contributed by atoms with Gasteiger partial charge in [0.2, 0.25) is 5.95 Å². The third-order valence-corrected chi connectivity index (χ3v) is 3.90. The smallest absolute Gasteiger partial charge is 0.264 e. The van der Waals surface area contributed by atoms with Crippen LogP contribution in [0, 0.1) is 17.7 Å². The molecule has 9 nitrogen and oxygen atoms in total. The average molecular weight is 338 g/mol. The Morgan fingerprint density at radius 1 is 1.62 bits per heavy atom. The second-order valence-electron chi connectivity index (χ2n) is 5.39. The van der Waals surface area contributed by atoms with Gasteiger partial charge in [-0.15, -0.1) is 5.92 Å². The third kappa shape index (κ3) is 2.18. The average Bonchev–Trinajstić information content (AvgIpc) is 2.96. The van der Waals surface area contributed by atoms with Gasteiger partial charge in [0.05, 0.1) is 6.61 Å². The first-order valence-electron chi connectivity index (χ1n) is 7.00. The Labute approximate surface area is 134 Å². The lowest BCUT2D eigenvalue weighted by Crippen LogP contribution is -2.45. The molecule has 3 heterocycles. The number of H-pyrrole nitrogens is 1. The monoisotopic (exact) mass is 338 g/mol. The van der Waals surface area contributed by atoms with Gasteiger partial charge in [-0.2, -0.15) is 4.98 Å². The molecular formula is C14H15FN4O5. The zero-order valence-corrected chi connectivity index (χ0v) is 12.5. The maximum Gasteiger partial charge on any atom is 0.264 e. The van der Waals surface area contributed by atoms with E-state index in [1.54, 1.807) is 0 Å². The van der Waals surface area contributed by atoms with E-state index in [0.717, 1.165) is 10.8 Å². The summed E-state index contributed by atoms with van der Waals surface area (Å²) in [6.45, 7) is 0.840. The third-order valence-electron chi connectivity index (χ3n) is 3.90. The van der Waals surface area contributed by atoms with E-state index in [1.807, 2.05) is 0 Å². The highest BCUT2D eigenvalue weighted by Crippen LogP contribution is 2.39. The number of aliphatic hydroxyl groups excluding tert-OH is 2. The van der Waals surface area contributed by atoms with E-state index in [2.05, 4.69) is 21.8 Å². The number of halogens is 1. The number of aromatic nitrogens is 3. The molecule has 10 heteroatoms. The molecule has 3 rings (SSSR count). The minimum Gasteiger partial charge on any atom is -0.394 e. The molecule has 1 fully saturated rings. The lowest BCUT2D eigenvalue weighted by atomic mass is 9.94. The molecule has 3 unspecified atom stereocenters. The maximum atomic E-state index is 14.2. The van der Waals surface area contributed by atoms with Gasteiger partial charge < -0.3 is 25.8 Å².